The number of nitrogen functional groups attached to an aromatic ring is 1. The van der Waals surface area contributed by atoms with Gasteiger partial charge in [-0.1, -0.05) is 30.0 Å². The molecule has 1 heterocycles. The summed E-state index contributed by atoms with van der Waals surface area (Å²) in [7, 11) is 0. The minimum atomic E-state index is -0.821. The molecule has 4 rings (SSSR count). The molecule has 156 valence electrons. The van der Waals surface area contributed by atoms with E-state index in [1.807, 2.05) is 6.07 Å². The zero-order chi connectivity index (χ0) is 21.1. The van der Waals surface area contributed by atoms with E-state index in [0.717, 1.165) is 42.9 Å². The lowest BCUT2D eigenvalue weighted by molar-refractivity contribution is 0.304. The SMILES string of the molecule is Cc1ccc(N)cc1C1(Cc2ccc(Sc3ccc(F)c(F)c3)cc2)CCNCC1. The molecule has 0 unspecified atom stereocenters. The smallest absolute Gasteiger partial charge is 0.159 e. The summed E-state index contributed by atoms with van der Waals surface area (Å²) in [6, 6.07) is 18.7. The van der Waals surface area contributed by atoms with Gasteiger partial charge in [0.1, 0.15) is 0 Å². The van der Waals surface area contributed by atoms with Gasteiger partial charge in [0.05, 0.1) is 0 Å². The zero-order valence-corrected chi connectivity index (χ0v) is 17.9. The molecule has 1 saturated heterocycles. The zero-order valence-electron chi connectivity index (χ0n) is 17.1. The van der Waals surface area contributed by atoms with Crippen LogP contribution < -0.4 is 11.1 Å². The third kappa shape index (κ3) is 4.52. The van der Waals surface area contributed by atoms with Gasteiger partial charge in [-0.25, -0.2) is 8.78 Å². The first-order valence-electron chi connectivity index (χ1n) is 10.2. The molecule has 3 aromatic rings. The molecule has 0 aliphatic carbocycles. The minimum Gasteiger partial charge on any atom is -0.399 e. The molecular formula is C25H26F2N2S. The van der Waals surface area contributed by atoms with E-state index in [1.165, 1.54) is 40.6 Å². The van der Waals surface area contributed by atoms with Crippen molar-refractivity contribution in [3.05, 3.63) is 89.0 Å². The predicted octanol–water partition coefficient (Wildman–Crippen LogP) is 5.87. The van der Waals surface area contributed by atoms with Gasteiger partial charge in [0, 0.05) is 20.9 Å². The van der Waals surface area contributed by atoms with Gasteiger partial charge in [0.15, 0.2) is 11.6 Å². The number of hydrogen-bond donors (Lipinski definition) is 2. The number of nitrogens with two attached hydrogens (primary N) is 1. The summed E-state index contributed by atoms with van der Waals surface area (Å²) in [4.78, 5) is 1.69. The van der Waals surface area contributed by atoms with Gasteiger partial charge in [-0.15, -0.1) is 0 Å². The van der Waals surface area contributed by atoms with Crippen LogP contribution in [0.5, 0.6) is 0 Å². The van der Waals surface area contributed by atoms with Crippen LogP contribution in [0, 0.1) is 18.6 Å². The maximum atomic E-state index is 13.5. The van der Waals surface area contributed by atoms with E-state index in [1.54, 1.807) is 6.07 Å². The second-order valence-electron chi connectivity index (χ2n) is 8.10. The standard InChI is InChI=1S/C25H26F2N2S/c1-17-2-5-19(28)14-22(17)25(10-12-29-13-11-25)16-18-3-6-20(7-4-18)30-21-8-9-23(26)24(27)15-21/h2-9,14-15,29H,10-13,16,28H2,1H3. The lowest BCUT2D eigenvalue weighted by Gasteiger charge is -2.39. The Balaban J connectivity index is 1.56. The van der Waals surface area contributed by atoms with Crippen LogP contribution in [0.2, 0.25) is 0 Å². The van der Waals surface area contributed by atoms with Crippen LogP contribution in [0.1, 0.15) is 29.5 Å². The highest BCUT2D eigenvalue weighted by molar-refractivity contribution is 7.99. The Labute approximate surface area is 180 Å². The maximum absolute atomic E-state index is 13.5. The number of halogens is 2. The molecule has 0 amide bonds. The summed E-state index contributed by atoms with van der Waals surface area (Å²) in [6.45, 7) is 4.16. The number of piperidine rings is 1. The van der Waals surface area contributed by atoms with Crippen LogP contribution in [0.15, 0.2) is 70.5 Å². The summed E-state index contributed by atoms with van der Waals surface area (Å²) in [5.74, 6) is -1.64. The highest BCUT2D eigenvalue weighted by Gasteiger charge is 2.35. The number of benzene rings is 3. The molecule has 3 N–H and O–H groups in total. The molecule has 1 aliphatic heterocycles. The van der Waals surface area contributed by atoms with Crippen LogP contribution in [0.25, 0.3) is 0 Å². The number of anilines is 1. The van der Waals surface area contributed by atoms with Gasteiger partial charge in [-0.05, 0) is 98.4 Å². The fraction of sp³-hybridized carbons (Fsp3) is 0.280. The highest BCUT2D eigenvalue weighted by atomic mass is 32.2. The quantitative estimate of drug-likeness (QED) is 0.503. The normalized spacial score (nSPS) is 15.8. The number of hydrogen-bond acceptors (Lipinski definition) is 3. The highest BCUT2D eigenvalue weighted by Crippen LogP contribution is 2.40. The summed E-state index contributed by atoms with van der Waals surface area (Å²) < 4.78 is 26.6. The van der Waals surface area contributed by atoms with Gasteiger partial charge in [0.25, 0.3) is 0 Å². The third-order valence-corrected chi connectivity index (χ3v) is 6.98. The first-order valence-corrected chi connectivity index (χ1v) is 11.1. The van der Waals surface area contributed by atoms with Crippen molar-refractivity contribution in [1.82, 2.24) is 5.32 Å². The second-order valence-corrected chi connectivity index (χ2v) is 9.25. The van der Waals surface area contributed by atoms with Crippen LogP contribution >= 0.6 is 11.8 Å². The van der Waals surface area contributed by atoms with E-state index in [0.29, 0.717) is 4.90 Å². The Bertz CT molecular complexity index is 1030. The van der Waals surface area contributed by atoms with Gasteiger partial charge in [0.2, 0.25) is 0 Å². The van der Waals surface area contributed by atoms with Crippen molar-refractivity contribution in [2.24, 2.45) is 0 Å². The van der Waals surface area contributed by atoms with E-state index < -0.39 is 11.6 Å². The molecule has 0 atom stereocenters. The van der Waals surface area contributed by atoms with Crippen molar-refractivity contribution < 1.29 is 8.78 Å². The number of rotatable bonds is 5. The molecule has 0 radical (unpaired) electrons. The van der Waals surface area contributed by atoms with Crippen molar-refractivity contribution >= 4 is 17.4 Å². The van der Waals surface area contributed by atoms with E-state index in [9.17, 15) is 8.78 Å². The Morgan fingerprint density at radius 3 is 2.30 bits per heavy atom. The van der Waals surface area contributed by atoms with Crippen LogP contribution in [0.4, 0.5) is 14.5 Å². The Hall–Kier alpha value is -2.37. The van der Waals surface area contributed by atoms with E-state index >= 15 is 0 Å². The van der Waals surface area contributed by atoms with Crippen LogP contribution in [0.3, 0.4) is 0 Å². The van der Waals surface area contributed by atoms with Gasteiger partial charge in [-0.3, -0.25) is 0 Å². The monoisotopic (exact) mass is 424 g/mol. The van der Waals surface area contributed by atoms with Crippen molar-refractivity contribution in [2.75, 3.05) is 18.8 Å². The molecule has 0 bridgehead atoms. The Kier molecular flexibility index (Phi) is 6.11. The molecule has 30 heavy (non-hydrogen) atoms. The van der Waals surface area contributed by atoms with Gasteiger partial charge < -0.3 is 11.1 Å². The van der Waals surface area contributed by atoms with Gasteiger partial charge in [-0.2, -0.15) is 0 Å². The molecule has 0 saturated carbocycles. The average Bonchev–Trinajstić information content (AvgIpc) is 2.74. The first-order chi connectivity index (χ1) is 14.4. The maximum Gasteiger partial charge on any atom is 0.159 e. The average molecular weight is 425 g/mol. The summed E-state index contributed by atoms with van der Waals surface area (Å²) in [5.41, 5.74) is 10.9. The fourth-order valence-electron chi connectivity index (χ4n) is 4.40. The van der Waals surface area contributed by atoms with Crippen molar-refractivity contribution in [2.45, 2.75) is 41.4 Å². The molecule has 1 fully saturated rings. The molecule has 2 nitrogen and oxygen atoms in total. The molecular weight excluding hydrogens is 398 g/mol. The molecule has 0 aromatic heterocycles. The molecule has 1 aliphatic rings. The lowest BCUT2D eigenvalue weighted by Crippen LogP contribution is -2.42. The van der Waals surface area contributed by atoms with Crippen LogP contribution in [-0.4, -0.2) is 13.1 Å². The van der Waals surface area contributed by atoms with Crippen molar-refractivity contribution in [3.8, 4) is 0 Å². The topological polar surface area (TPSA) is 38.0 Å². The number of aryl methyl sites for hydroxylation is 1. The third-order valence-electron chi connectivity index (χ3n) is 5.99. The second kappa shape index (κ2) is 8.78. The predicted molar refractivity (Wildman–Crippen MR) is 120 cm³/mol. The Morgan fingerprint density at radius 2 is 1.60 bits per heavy atom. The van der Waals surface area contributed by atoms with E-state index in [-0.39, 0.29) is 5.41 Å². The lowest BCUT2D eigenvalue weighted by atomic mass is 9.68. The fourth-order valence-corrected chi connectivity index (χ4v) is 5.24. The first kappa shape index (κ1) is 20.9. The van der Waals surface area contributed by atoms with E-state index in [4.69, 9.17) is 5.73 Å². The Morgan fingerprint density at radius 1 is 0.900 bits per heavy atom. The summed E-state index contributed by atoms with van der Waals surface area (Å²) >= 11 is 1.43. The van der Waals surface area contributed by atoms with Crippen molar-refractivity contribution in [3.63, 3.8) is 0 Å². The summed E-state index contributed by atoms with van der Waals surface area (Å²) in [5, 5.41) is 3.48. The molecule has 3 aromatic carbocycles. The summed E-state index contributed by atoms with van der Waals surface area (Å²) in [6.07, 6.45) is 3.10. The largest absolute Gasteiger partial charge is 0.399 e. The molecule has 5 heteroatoms. The van der Waals surface area contributed by atoms with Crippen molar-refractivity contribution in [1.29, 1.82) is 0 Å². The number of nitrogens with one attached hydrogen (secondary N) is 1. The van der Waals surface area contributed by atoms with Crippen LogP contribution in [-0.2, 0) is 11.8 Å². The minimum absolute atomic E-state index is 0.0689. The van der Waals surface area contributed by atoms with Gasteiger partial charge >= 0.3 is 0 Å². The molecule has 0 spiro atoms. The van der Waals surface area contributed by atoms with E-state index in [2.05, 4.69) is 48.6 Å².